The van der Waals surface area contributed by atoms with Crippen molar-refractivity contribution in [2.75, 3.05) is 0 Å². The third kappa shape index (κ3) is 3.12. The van der Waals surface area contributed by atoms with Crippen molar-refractivity contribution in [3.05, 3.63) is 11.6 Å². The Bertz CT molecular complexity index is 102. The molecule has 0 bridgehead atoms. The summed E-state index contributed by atoms with van der Waals surface area (Å²) in [5, 5.41) is 0. The highest BCUT2D eigenvalue weighted by atomic mass is 13.8. The van der Waals surface area contributed by atoms with Crippen LogP contribution in [0, 0.1) is 12.3 Å². The molecule has 0 fully saturated rings. The standard InChI is InChI=1S/C7H10/c1-4-6-7(3)5-2/h1,6H,5H2,2-3H3. The Morgan fingerprint density at radius 3 is 2.57 bits per heavy atom. The van der Waals surface area contributed by atoms with Crippen molar-refractivity contribution in [2.45, 2.75) is 20.3 Å². The molecule has 0 aromatic carbocycles. The molecular weight excluding hydrogens is 84.1 g/mol. The number of rotatable bonds is 1. The molecule has 0 aliphatic carbocycles. The fourth-order valence-electron chi connectivity index (χ4n) is 0.244. The number of allylic oxidation sites excluding steroid dienone is 2. The van der Waals surface area contributed by atoms with E-state index in [1.807, 2.05) is 6.92 Å². The molecular formula is C7H10. The van der Waals surface area contributed by atoms with Crippen molar-refractivity contribution in [2.24, 2.45) is 0 Å². The van der Waals surface area contributed by atoms with Crippen molar-refractivity contribution >= 4 is 0 Å². The second kappa shape index (κ2) is 3.49. The van der Waals surface area contributed by atoms with Gasteiger partial charge in [-0.2, -0.15) is 0 Å². The minimum Gasteiger partial charge on any atom is -0.115 e. The topological polar surface area (TPSA) is 0 Å². The first-order valence-electron chi connectivity index (χ1n) is 2.43. The molecule has 0 saturated carbocycles. The SMILES string of the molecule is C#CC=C(C)CC. The lowest BCUT2D eigenvalue weighted by atomic mass is 10.2. The first kappa shape index (κ1) is 6.30. The molecule has 0 amide bonds. The van der Waals surface area contributed by atoms with Crippen LogP contribution < -0.4 is 0 Å². The maximum Gasteiger partial charge on any atom is -0.0132 e. The molecule has 0 N–H and O–H groups in total. The normalized spacial score (nSPS) is 10.7. The molecule has 7 heavy (non-hydrogen) atoms. The van der Waals surface area contributed by atoms with E-state index in [1.165, 1.54) is 5.57 Å². The summed E-state index contributed by atoms with van der Waals surface area (Å²) in [6, 6.07) is 0. The van der Waals surface area contributed by atoms with E-state index >= 15 is 0 Å². The van der Waals surface area contributed by atoms with Gasteiger partial charge in [-0.05, 0) is 19.4 Å². The van der Waals surface area contributed by atoms with Crippen molar-refractivity contribution < 1.29 is 0 Å². The molecule has 0 heterocycles. The van der Waals surface area contributed by atoms with Gasteiger partial charge in [-0.25, -0.2) is 0 Å². The van der Waals surface area contributed by atoms with Crippen molar-refractivity contribution in [1.29, 1.82) is 0 Å². The summed E-state index contributed by atoms with van der Waals surface area (Å²) in [5.74, 6) is 2.46. The van der Waals surface area contributed by atoms with Gasteiger partial charge in [0.25, 0.3) is 0 Å². The summed E-state index contributed by atoms with van der Waals surface area (Å²) in [6.07, 6.45) is 7.83. The Morgan fingerprint density at radius 1 is 1.86 bits per heavy atom. The summed E-state index contributed by atoms with van der Waals surface area (Å²) < 4.78 is 0. The number of terminal acetylenes is 1. The van der Waals surface area contributed by atoms with Crippen LogP contribution >= 0.6 is 0 Å². The molecule has 0 saturated heterocycles. The Kier molecular flexibility index (Phi) is 3.14. The van der Waals surface area contributed by atoms with Gasteiger partial charge in [-0.15, -0.1) is 6.42 Å². The van der Waals surface area contributed by atoms with Gasteiger partial charge in [0.1, 0.15) is 0 Å². The lowest BCUT2D eigenvalue weighted by Crippen LogP contribution is -1.65. The molecule has 0 rings (SSSR count). The Labute approximate surface area is 45.2 Å². The van der Waals surface area contributed by atoms with E-state index in [9.17, 15) is 0 Å². The van der Waals surface area contributed by atoms with Crippen LogP contribution in [0.4, 0.5) is 0 Å². The van der Waals surface area contributed by atoms with E-state index in [4.69, 9.17) is 6.42 Å². The summed E-state index contributed by atoms with van der Waals surface area (Å²) in [7, 11) is 0. The van der Waals surface area contributed by atoms with Crippen molar-refractivity contribution in [1.82, 2.24) is 0 Å². The summed E-state index contributed by atoms with van der Waals surface area (Å²) in [4.78, 5) is 0. The van der Waals surface area contributed by atoms with E-state index < -0.39 is 0 Å². The summed E-state index contributed by atoms with van der Waals surface area (Å²) >= 11 is 0. The quantitative estimate of drug-likeness (QED) is 0.436. The average molecular weight is 94.2 g/mol. The van der Waals surface area contributed by atoms with Crippen LogP contribution in [0.2, 0.25) is 0 Å². The molecule has 0 aliphatic rings. The third-order valence-electron chi connectivity index (χ3n) is 0.887. The zero-order chi connectivity index (χ0) is 5.70. The highest BCUT2D eigenvalue weighted by molar-refractivity contribution is 5.15. The second-order valence-corrected chi connectivity index (χ2v) is 1.51. The van der Waals surface area contributed by atoms with Gasteiger partial charge >= 0.3 is 0 Å². The molecule has 0 aromatic rings. The molecule has 0 aromatic heterocycles. The van der Waals surface area contributed by atoms with Crippen LogP contribution in [0.15, 0.2) is 11.6 Å². The Hall–Kier alpha value is -0.700. The lowest BCUT2D eigenvalue weighted by Gasteiger charge is -1.84. The largest absolute Gasteiger partial charge is 0.115 e. The van der Waals surface area contributed by atoms with E-state index in [1.54, 1.807) is 6.08 Å². The van der Waals surface area contributed by atoms with Crippen LogP contribution in [-0.2, 0) is 0 Å². The minimum atomic E-state index is 1.06. The smallest absolute Gasteiger partial charge is 0.0132 e. The Morgan fingerprint density at radius 2 is 2.43 bits per heavy atom. The highest BCUT2D eigenvalue weighted by Gasteiger charge is 1.75. The highest BCUT2D eigenvalue weighted by Crippen LogP contribution is 1.94. The van der Waals surface area contributed by atoms with Crippen LogP contribution in [0.3, 0.4) is 0 Å². The summed E-state index contributed by atoms with van der Waals surface area (Å²) in [5.41, 5.74) is 1.27. The van der Waals surface area contributed by atoms with Crippen LogP contribution in [0.5, 0.6) is 0 Å². The van der Waals surface area contributed by atoms with Crippen LogP contribution in [-0.4, -0.2) is 0 Å². The number of hydrogen-bond donors (Lipinski definition) is 0. The first-order valence-corrected chi connectivity index (χ1v) is 2.43. The van der Waals surface area contributed by atoms with Gasteiger partial charge in [-0.3, -0.25) is 0 Å². The van der Waals surface area contributed by atoms with Gasteiger partial charge in [0, 0.05) is 0 Å². The van der Waals surface area contributed by atoms with Gasteiger partial charge in [0.05, 0.1) is 0 Å². The van der Waals surface area contributed by atoms with E-state index in [-0.39, 0.29) is 0 Å². The summed E-state index contributed by atoms with van der Waals surface area (Å²) in [6.45, 7) is 4.11. The monoisotopic (exact) mass is 94.1 g/mol. The maximum absolute atomic E-state index is 4.98. The van der Waals surface area contributed by atoms with Crippen molar-refractivity contribution in [3.63, 3.8) is 0 Å². The predicted octanol–water partition coefficient (Wildman–Crippen LogP) is 1.98. The average Bonchev–Trinajstić information content (AvgIpc) is 1.68. The molecule has 0 unspecified atom stereocenters. The van der Waals surface area contributed by atoms with E-state index in [0.29, 0.717) is 0 Å². The first-order chi connectivity index (χ1) is 3.31. The fraction of sp³-hybridized carbons (Fsp3) is 0.429. The molecule has 0 atom stereocenters. The lowest BCUT2D eigenvalue weighted by molar-refractivity contribution is 1.10. The molecule has 0 spiro atoms. The maximum atomic E-state index is 4.98. The van der Waals surface area contributed by atoms with Crippen molar-refractivity contribution in [3.8, 4) is 12.3 Å². The Balaban J connectivity index is 3.56. The fourth-order valence-corrected chi connectivity index (χ4v) is 0.244. The van der Waals surface area contributed by atoms with Crippen LogP contribution in [0.25, 0.3) is 0 Å². The molecule has 38 valence electrons. The second-order valence-electron chi connectivity index (χ2n) is 1.51. The van der Waals surface area contributed by atoms with E-state index in [0.717, 1.165) is 6.42 Å². The van der Waals surface area contributed by atoms with Gasteiger partial charge in [0.2, 0.25) is 0 Å². The zero-order valence-corrected chi connectivity index (χ0v) is 4.86. The zero-order valence-electron chi connectivity index (χ0n) is 4.86. The number of hydrogen-bond acceptors (Lipinski definition) is 0. The third-order valence-corrected chi connectivity index (χ3v) is 0.887. The van der Waals surface area contributed by atoms with E-state index in [2.05, 4.69) is 12.8 Å². The minimum absolute atomic E-state index is 1.06. The molecule has 0 nitrogen and oxygen atoms in total. The van der Waals surface area contributed by atoms with Gasteiger partial charge in [0.15, 0.2) is 0 Å². The predicted molar refractivity (Wildman–Crippen MR) is 32.9 cm³/mol. The molecule has 0 aliphatic heterocycles. The van der Waals surface area contributed by atoms with Crippen LogP contribution in [0.1, 0.15) is 20.3 Å². The van der Waals surface area contributed by atoms with Gasteiger partial charge in [-0.1, -0.05) is 18.4 Å². The molecule has 0 heteroatoms. The molecule has 0 radical (unpaired) electrons. The van der Waals surface area contributed by atoms with Gasteiger partial charge < -0.3 is 0 Å².